The molecule has 0 saturated heterocycles. The molecule has 0 saturated carbocycles. The van der Waals surface area contributed by atoms with Gasteiger partial charge in [-0.05, 0) is 41.3 Å². The molecule has 2 aromatic carbocycles. The van der Waals surface area contributed by atoms with Gasteiger partial charge in [-0.2, -0.15) is 26.3 Å². The Labute approximate surface area is 187 Å². The summed E-state index contributed by atoms with van der Waals surface area (Å²) in [5.41, 5.74) is -0.928. The van der Waals surface area contributed by atoms with Gasteiger partial charge >= 0.3 is 12.4 Å². The van der Waals surface area contributed by atoms with E-state index in [9.17, 15) is 31.1 Å². The molecule has 33 heavy (non-hydrogen) atoms. The van der Waals surface area contributed by atoms with Gasteiger partial charge in [-0.1, -0.05) is 50.2 Å². The predicted octanol–water partition coefficient (Wildman–Crippen LogP) is 7.65. The second-order valence-electron chi connectivity index (χ2n) is 8.01. The Morgan fingerprint density at radius 2 is 1.39 bits per heavy atom. The van der Waals surface area contributed by atoms with Gasteiger partial charge in [0.05, 0.1) is 16.8 Å². The zero-order valence-corrected chi connectivity index (χ0v) is 17.8. The van der Waals surface area contributed by atoms with Gasteiger partial charge in [0.25, 0.3) is 0 Å². The number of rotatable bonds is 6. The van der Waals surface area contributed by atoms with Crippen molar-refractivity contribution in [1.29, 1.82) is 0 Å². The topological polar surface area (TPSA) is 30.0 Å². The van der Waals surface area contributed by atoms with Gasteiger partial charge < -0.3 is 0 Å². The van der Waals surface area contributed by atoms with Crippen molar-refractivity contribution in [2.75, 3.05) is 0 Å². The highest BCUT2D eigenvalue weighted by Gasteiger charge is 2.37. The summed E-state index contributed by atoms with van der Waals surface area (Å²) in [7, 11) is 0. The number of aromatic nitrogens is 1. The van der Waals surface area contributed by atoms with E-state index in [4.69, 9.17) is 0 Å². The predicted molar refractivity (Wildman–Crippen MR) is 112 cm³/mol. The van der Waals surface area contributed by atoms with Crippen LogP contribution < -0.4 is 0 Å². The molecule has 0 aliphatic carbocycles. The number of alkyl halides is 6. The van der Waals surface area contributed by atoms with Gasteiger partial charge in [-0.25, -0.2) is 0 Å². The summed E-state index contributed by atoms with van der Waals surface area (Å²) in [6, 6.07) is 12.5. The van der Waals surface area contributed by atoms with Crippen LogP contribution in [0.25, 0.3) is 0 Å². The van der Waals surface area contributed by atoms with Crippen LogP contribution in [0.5, 0.6) is 0 Å². The van der Waals surface area contributed by atoms with Gasteiger partial charge in [-0.15, -0.1) is 0 Å². The Morgan fingerprint density at radius 3 is 1.91 bits per heavy atom. The lowest BCUT2D eigenvalue weighted by atomic mass is 9.86. The molecule has 0 spiro atoms. The van der Waals surface area contributed by atoms with Gasteiger partial charge in [0.2, 0.25) is 0 Å². The Balaban J connectivity index is 2.04. The molecule has 2 nitrogen and oxygen atoms in total. The lowest BCUT2D eigenvalue weighted by Gasteiger charge is -2.21. The molecule has 0 fully saturated rings. The highest BCUT2D eigenvalue weighted by molar-refractivity contribution is 5.96. The molecule has 0 amide bonds. The van der Waals surface area contributed by atoms with Crippen LogP contribution in [-0.4, -0.2) is 10.8 Å². The molecule has 0 N–H and O–H groups in total. The molecule has 3 aromatic rings. The minimum absolute atomic E-state index is 0.138. The van der Waals surface area contributed by atoms with E-state index in [1.165, 1.54) is 6.20 Å². The van der Waals surface area contributed by atoms with Crippen LogP contribution in [-0.2, 0) is 12.4 Å². The summed E-state index contributed by atoms with van der Waals surface area (Å²) in [6.45, 7) is 3.97. The van der Waals surface area contributed by atoms with E-state index in [-0.39, 0.29) is 17.9 Å². The molecule has 0 unspecified atom stereocenters. The van der Waals surface area contributed by atoms with E-state index in [1.54, 1.807) is 24.3 Å². The van der Waals surface area contributed by atoms with Crippen molar-refractivity contribution in [3.63, 3.8) is 0 Å². The lowest BCUT2D eigenvalue weighted by Crippen LogP contribution is -2.17. The van der Waals surface area contributed by atoms with Crippen LogP contribution in [0.3, 0.4) is 0 Å². The van der Waals surface area contributed by atoms with Crippen molar-refractivity contribution >= 4 is 5.78 Å². The summed E-state index contributed by atoms with van der Waals surface area (Å²) in [5, 5.41) is 0. The van der Waals surface area contributed by atoms with Gasteiger partial charge in [0.15, 0.2) is 5.78 Å². The summed E-state index contributed by atoms with van der Waals surface area (Å²) in [4.78, 5) is 16.9. The monoisotopic (exact) mass is 465 g/mol. The largest absolute Gasteiger partial charge is 0.418 e. The Hall–Kier alpha value is -3.16. The standard InChI is InChI=1S/C25H21F6NO/c1-15(2)16-5-7-18(8-6-16)22(33)14-20(17-9-11-19(12-10-17)24(26,27)28)23-21(25(29,30)31)4-3-13-32-23/h3-13,15,20H,14H2,1-2H3/t20-/m0/s1. The van der Waals surface area contributed by atoms with E-state index in [0.29, 0.717) is 5.56 Å². The molecule has 1 atom stereocenters. The number of pyridine rings is 1. The molecule has 0 bridgehead atoms. The van der Waals surface area contributed by atoms with Gasteiger partial charge in [0.1, 0.15) is 0 Å². The average molecular weight is 465 g/mol. The Morgan fingerprint density at radius 1 is 0.818 bits per heavy atom. The number of nitrogens with zero attached hydrogens (tertiary/aromatic N) is 1. The lowest BCUT2D eigenvalue weighted by molar-refractivity contribution is -0.139. The summed E-state index contributed by atoms with van der Waals surface area (Å²) >= 11 is 0. The molecule has 0 radical (unpaired) electrons. The molecule has 174 valence electrons. The zero-order valence-electron chi connectivity index (χ0n) is 17.8. The van der Waals surface area contributed by atoms with E-state index in [0.717, 1.165) is 42.0 Å². The van der Waals surface area contributed by atoms with Crippen LogP contribution in [0.2, 0.25) is 0 Å². The highest BCUT2D eigenvalue weighted by Crippen LogP contribution is 2.39. The second kappa shape index (κ2) is 9.37. The van der Waals surface area contributed by atoms with Crippen molar-refractivity contribution in [2.45, 2.75) is 44.5 Å². The van der Waals surface area contributed by atoms with Crippen LogP contribution in [0, 0.1) is 0 Å². The summed E-state index contributed by atoms with van der Waals surface area (Å²) in [6.07, 6.45) is -8.55. The Kier molecular flexibility index (Phi) is 6.95. The average Bonchev–Trinajstić information content (AvgIpc) is 2.76. The number of Topliss-reactive ketones (excluding diaryl/α,β-unsaturated/α-hetero) is 1. The summed E-state index contributed by atoms with van der Waals surface area (Å²) < 4.78 is 79.9. The molecular weight excluding hydrogens is 444 g/mol. The Bertz CT molecular complexity index is 1100. The second-order valence-corrected chi connectivity index (χ2v) is 8.01. The first-order valence-corrected chi connectivity index (χ1v) is 10.2. The maximum atomic E-state index is 13.7. The molecule has 3 rings (SSSR count). The first-order valence-electron chi connectivity index (χ1n) is 10.2. The van der Waals surface area contributed by atoms with Gasteiger partial charge in [0, 0.05) is 24.1 Å². The van der Waals surface area contributed by atoms with E-state index < -0.39 is 40.9 Å². The van der Waals surface area contributed by atoms with Crippen molar-refractivity contribution in [1.82, 2.24) is 4.98 Å². The third-order valence-corrected chi connectivity index (χ3v) is 5.40. The van der Waals surface area contributed by atoms with Crippen LogP contribution in [0.4, 0.5) is 26.3 Å². The third-order valence-electron chi connectivity index (χ3n) is 5.40. The number of benzene rings is 2. The number of hydrogen-bond acceptors (Lipinski definition) is 2. The maximum Gasteiger partial charge on any atom is 0.418 e. The minimum atomic E-state index is -4.74. The number of carbonyl (C=O) groups is 1. The molecule has 0 aliphatic heterocycles. The van der Waals surface area contributed by atoms with Crippen molar-refractivity contribution < 1.29 is 31.1 Å². The normalized spacial score (nSPS) is 13.2. The smallest absolute Gasteiger partial charge is 0.294 e. The van der Waals surface area contributed by atoms with Crippen molar-refractivity contribution in [2.24, 2.45) is 0 Å². The number of halogens is 6. The van der Waals surface area contributed by atoms with E-state index in [2.05, 4.69) is 4.98 Å². The minimum Gasteiger partial charge on any atom is -0.294 e. The van der Waals surface area contributed by atoms with Crippen LogP contribution in [0.15, 0.2) is 66.9 Å². The fraction of sp³-hybridized carbons (Fsp3) is 0.280. The fourth-order valence-corrected chi connectivity index (χ4v) is 3.57. The number of ketones is 1. The van der Waals surface area contributed by atoms with Crippen LogP contribution >= 0.6 is 0 Å². The van der Waals surface area contributed by atoms with Crippen LogP contribution in [0.1, 0.15) is 70.4 Å². The molecule has 0 aliphatic rings. The first-order chi connectivity index (χ1) is 15.4. The number of hydrogen-bond donors (Lipinski definition) is 0. The van der Waals surface area contributed by atoms with Crippen molar-refractivity contribution in [3.8, 4) is 0 Å². The molecule has 1 heterocycles. The zero-order chi connectivity index (χ0) is 24.4. The maximum absolute atomic E-state index is 13.7. The van der Waals surface area contributed by atoms with Crippen molar-refractivity contribution in [3.05, 3.63) is 100 Å². The fourth-order valence-electron chi connectivity index (χ4n) is 3.57. The third kappa shape index (κ3) is 5.80. The molecular formula is C25H21F6NO. The summed E-state index contributed by atoms with van der Waals surface area (Å²) in [5.74, 6) is -1.38. The quantitative estimate of drug-likeness (QED) is 0.277. The molecule has 8 heteroatoms. The molecule has 1 aromatic heterocycles. The first kappa shape index (κ1) is 24.5. The number of carbonyl (C=O) groups excluding carboxylic acids is 1. The van der Waals surface area contributed by atoms with Gasteiger partial charge in [-0.3, -0.25) is 9.78 Å². The SMILES string of the molecule is CC(C)c1ccc(C(=O)C[C@@H](c2ccc(C(F)(F)F)cc2)c2ncccc2C(F)(F)F)cc1. The van der Waals surface area contributed by atoms with E-state index in [1.807, 2.05) is 13.8 Å². The highest BCUT2D eigenvalue weighted by atomic mass is 19.4. The van der Waals surface area contributed by atoms with E-state index >= 15 is 0 Å².